The van der Waals surface area contributed by atoms with E-state index in [1.54, 1.807) is 0 Å². The van der Waals surface area contributed by atoms with Crippen molar-refractivity contribution in [2.45, 2.75) is 31.2 Å². The summed E-state index contributed by atoms with van der Waals surface area (Å²) in [5, 5.41) is 7.40. The number of hydrogen-bond acceptors (Lipinski definition) is 4. The lowest BCUT2D eigenvalue weighted by Crippen LogP contribution is -2.30. The van der Waals surface area contributed by atoms with E-state index in [1.165, 1.54) is 12.0 Å². The van der Waals surface area contributed by atoms with Gasteiger partial charge >= 0.3 is 0 Å². The zero-order valence-corrected chi connectivity index (χ0v) is 14.6. The number of hydrogen-bond donors (Lipinski definition) is 2. The van der Waals surface area contributed by atoms with Crippen LogP contribution in [-0.2, 0) is 0 Å². The molecule has 6 nitrogen and oxygen atoms in total. The molecule has 6 heteroatoms. The molecular weight excluding hydrogens is 314 g/mol. The summed E-state index contributed by atoms with van der Waals surface area (Å²) in [4.78, 5) is 17.2. The summed E-state index contributed by atoms with van der Waals surface area (Å²) in [7, 11) is 2.12. The van der Waals surface area contributed by atoms with Crippen LogP contribution in [0.3, 0.4) is 0 Å². The number of carbonyl (C=O) groups excluding carboxylic acids is 1. The highest BCUT2D eigenvalue weighted by molar-refractivity contribution is 6.06. The maximum absolute atomic E-state index is 13.1. The first-order valence-electron chi connectivity index (χ1n) is 9.05. The van der Waals surface area contributed by atoms with Gasteiger partial charge in [0.2, 0.25) is 0 Å². The van der Waals surface area contributed by atoms with Crippen LogP contribution in [-0.4, -0.2) is 47.7 Å². The molecule has 1 fully saturated rings. The van der Waals surface area contributed by atoms with Crippen LogP contribution in [0.15, 0.2) is 30.3 Å². The Labute approximate surface area is 148 Å². The number of anilines is 1. The summed E-state index contributed by atoms with van der Waals surface area (Å²) in [6.45, 7) is 2.40. The molecule has 3 N–H and O–H groups in total. The number of fused-ring (bicyclic) bond motifs is 1. The first kappa shape index (κ1) is 16.3. The average Bonchev–Trinajstić information content (AvgIpc) is 3.33. The molecule has 2 unspecified atom stereocenters. The zero-order chi connectivity index (χ0) is 17.4. The van der Waals surface area contributed by atoms with E-state index in [9.17, 15) is 4.79 Å². The van der Waals surface area contributed by atoms with Gasteiger partial charge in [-0.1, -0.05) is 18.2 Å². The second kappa shape index (κ2) is 6.61. The maximum atomic E-state index is 13.1. The Kier molecular flexibility index (Phi) is 4.31. The molecule has 1 amide bonds. The molecule has 1 aromatic carbocycles. The number of aromatic nitrogens is 2. The summed E-state index contributed by atoms with van der Waals surface area (Å²) in [6, 6.07) is 10.4. The lowest BCUT2D eigenvalue weighted by atomic mass is 9.98. The molecule has 2 atom stereocenters. The number of amides is 1. The van der Waals surface area contributed by atoms with Crippen molar-refractivity contribution in [1.82, 2.24) is 15.1 Å². The topological polar surface area (TPSA) is 78.2 Å². The van der Waals surface area contributed by atoms with Crippen molar-refractivity contribution in [2.24, 2.45) is 5.73 Å². The molecule has 0 bridgehead atoms. The minimum Gasteiger partial charge on any atom is -0.330 e. The van der Waals surface area contributed by atoms with E-state index >= 15 is 0 Å². The fourth-order valence-corrected chi connectivity index (χ4v) is 4.19. The molecule has 25 heavy (non-hydrogen) atoms. The standard InChI is InChI=1S/C19H25N5O/c1-23-10-4-7-18(23)15-11-16(22-21-15)19(25)24-12-13(8-9-20)14-5-2-3-6-17(14)24/h2-3,5-6,11,13,18H,4,7-10,12,20H2,1H3,(H,21,22). The van der Waals surface area contributed by atoms with Crippen molar-refractivity contribution in [1.29, 1.82) is 0 Å². The van der Waals surface area contributed by atoms with Crippen molar-refractivity contribution in [3.63, 3.8) is 0 Å². The second-order valence-electron chi connectivity index (χ2n) is 7.10. The van der Waals surface area contributed by atoms with Gasteiger partial charge < -0.3 is 10.6 Å². The van der Waals surface area contributed by atoms with Crippen LogP contribution >= 0.6 is 0 Å². The number of likely N-dealkylation sites (tertiary alicyclic amines) is 1. The maximum Gasteiger partial charge on any atom is 0.278 e. The number of rotatable bonds is 4. The highest BCUT2D eigenvalue weighted by Gasteiger charge is 2.33. The third kappa shape index (κ3) is 2.85. The van der Waals surface area contributed by atoms with E-state index in [2.05, 4.69) is 28.2 Å². The number of benzene rings is 1. The van der Waals surface area contributed by atoms with Crippen LogP contribution in [0.4, 0.5) is 5.69 Å². The van der Waals surface area contributed by atoms with Crippen molar-refractivity contribution < 1.29 is 4.79 Å². The van der Waals surface area contributed by atoms with Crippen LogP contribution in [0.1, 0.15) is 53.0 Å². The van der Waals surface area contributed by atoms with Gasteiger partial charge in [0, 0.05) is 18.2 Å². The molecule has 0 aliphatic carbocycles. The number of nitrogens with one attached hydrogen (secondary N) is 1. The van der Waals surface area contributed by atoms with Crippen LogP contribution in [0.5, 0.6) is 0 Å². The fraction of sp³-hybridized carbons (Fsp3) is 0.474. The van der Waals surface area contributed by atoms with Crippen molar-refractivity contribution in [2.75, 3.05) is 31.6 Å². The van der Waals surface area contributed by atoms with Gasteiger partial charge in [-0.25, -0.2) is 0 Å². The molecule has 1 aromatic heterocycles. The molecule has 1 saturated heterocycles. The second-order valence-corrected chi connectivity index (χ2v) is 7.10. The van der Waals surface area contributed by atoms with E-state index in [4.69, 9.17) is 5.73 Å². The smallest absolute Gasteiger partial charge is 0.278 e. The number of H-pyrrole nitrogens is 1. The highest BCUT2D eigenvalue weighted by atomic mass is 16.2. The van der Waals surface area contributed by atoms with Gasteiger partial charge in [0.25, 0.3) is 5.91 Å². The number of nitrogens with zero attached hydrogens (tertiary/aromatic N) is 3. The zero-order valence-electron chi connectivity index (χ0n) is 14.6. The Morgan fingerprint density at radius 2 is 2.24 bits per heavy atom. The number of nitrogens with two attached hydrogens (primary N) is 1. The highest BCUT2D eigenvalue weighted by Crippen LogP contribution is 2.38. The Balaban J connectivity index is 1.58. The van der Waals surface area contributed by atoms with E-state index in [1.807, 2.05) is 29.2 Å². The predicted octanol–water partition coefficient (Wildman–Crippen LogP) is 2.27. The summed E-state index contributed by atoms with van der Waals surface area (Å²) >= 11 is 0. The van der Waals surface area contributed by atoms with Gasteiger partial charge in [0.05, 0.1) is 11.7 Å². The lowest BCUT2D eigenvalue weighted by Gasteiger charge is -2.17. The van der Waals surface area contributed by atoms with E-state index < -0.39 is 0 Å². The van der Waals surface area contributed by atoms with Crippen LogP contribution in [0.25, 0.3) is 0 Å². The largest absolute Gasteiger partial charge is 0.330 e. The molecule has 132 valence electrons. The minimum atomic E-state index is -0.0323. The first-order chi connectivity index (χ1) is 12.2. The third-order valence-corrected chi connectivity index (χ3v) is 5.53. The molecule has 0 radical (unpaired) electrons. The molecule has 2 aliphatic rings. The number of carbonyl (C=O) groups is 1. The number of aromatic amines is 1. The van der Waals surface area contributed by atoms with Crippen molar-refractivity contribution >= 4 is 11.6 Å². The van der Waals surface area contributed by atoms with Crippen molar-refractivity contribution in [3.8, 4) is 0 Å². The predicted molar refractivity (Wildman–Crippen MR) is 97.7 cm³/mol. The van der Waals surface area contributed by atoms with E-state index in [-0.39, 0.29) is 5.91 Å². The molecule has 4 rings (SSSR count). The quantitative estimate of drug-likeness (QED) is 0.896. The molecule has 0 saturated carbocycles. The average molecular weight is 339 g/mol. The van der Waals surface area contributed by atoms with Gasteiger partial charge in [-0.3, -0.25) is 14.8 Å². The van der Waals surface area contributed by atoms with E-state index in [0.717, 1.165) is 30.8 Å². The fourth-order valence-electron chi connectivity index (χ4n) is 4.19. The Hall–Kier alpha value is -2.18. The van der Waals surface area contributed by atoms with Crippen LogP contribution in [0.2, 0.25) is 0 Å². The summed E-state index contributed by atoms with van der Waals surface area (Å²) in [5.74, 6) is 0.277. The summed E-state index contributed by atoms with van der Waals surface area (Å²) < 4.78 is 0. The van der Waals surface area contributed by atoms with Crippen LogP contribution in [0, 0.1) is 0 Å². The number of para-hydroxylation sites is 1. The Morgan fingerprint density at radius 1 is 1.40 bits per heavy atom. The SMILES string of the molecule is CN1CCCC1c1cc(C(=O)N2CC(CCN)c3ccccc32)n[nH]1. The van der Waals surface area contributed by atoms with E-state index in [0.29, 0.717) is 30.7 Å². The molecule has 0 spiro atoms. The first-order valence-corrected chi connectivity index (χ1v) is 9.05. The molecular formula is C19H25N5O. The molecule has 2 aliphatic heterocycles. The van der Waals surface area contributed by atoms with Gasteiger partial charge in [-0.2, -0.15) is 5.10 Å². The monoisotopic (exact) mass is 339 g/mol. The summed E-state index contributed by atoms with van der Waals surface area (Å²) in [6.07, 6.45) is 3.18. The summed E-state index contributed by atoms with van der Waals surface area (Å²) in [5.41, 5.74) is 9.50. The van der Waals surface area contributed by atoms with Gasteiger partial charge in [-0.15, -0.1) is 0 Å². The Bertz CT molecular complexity index is 771. The lowest BCUT2D eigenvalue weighted by molar-refractivity contribution is 0.0983. The normalized spacial score (nSPS) is 23.2. The molecule has 2 aromatic rings. The van der Waals surface area contributed by atoms with Gasteiger partial charge in [0.1, 0.15) is 0 Å². The minimum absolute atomic E-state index is 0.0323. The third-order valence-electron chi connectivity index (χ3n) is 5.53. The van der Waals surface area contributed by atoms with Gasteiger partial charge in [-0.05, 0) is 57.1 Å². The molecule has 3 heterocycles. The van der Waals surface area contributed by atoms with Crippen LogP contribution < -0.4 is 10.6 Å². The van der Waals surface area contributed by atoms with Gasteiger partial charge in [0.15, 0.2) is 5.69 Å². The van der Waals surface area contributed by atoms with Crippen molar-refractivity contribution in [3.05, 3.63) is 47.3 Å². The Morgan fingerprint density at radius 3 is 3.00 bits per heavy atom.